The van der Waals surface area contributed by atoms with Crippen LogP contribution in [0.25, 0.3) is 0 Å². The van der Waals surface area contributed by atoms with E-state index in [1.54, 1.807) is 16.6 Å². The Kier molecular flexibility index (Phi) is 4.35. The van der Waals surface area contributed by atoms with Crippen LogP contribution in [0.15, 0.2) is 17.2 Å². The molecule has 2 saturated heterocycles. The van der Waals surface area contributed by atoms with E-state index in [-0.39, 0.29) is 10.7 Å². The number of hydrogen-bond acceptors (Lipinski definition) is 6. The molecule has 2 aliphatic rings. The maximum atomic E-state index is 12.8. The van der Waals surface area contributed by atoms with Crippen molar-refractivity contribution in [2.75, 3.05) is 45.0 Å². The van der Waals surface area contributed by atoms with E-state index in [0.717, 1.165) is 38.2 Å². The normalized spacial score (nSPS) is 24.7. The van der Waals surface area contributed by atoms with Crippen molar-refractivity contribution in [2.24, 2.45) is 0 Å². The van der Waals surface area contributed by atoms with Crippen LogP contribution in [0.4, 0.5) is 5.82 Å². The van der Waals surface area contributed by atoms with Crippen molar-refractivity contribution >= 4 is 15.8 Å². The second kappa shape index (κ2) is 6.11. The predicted octanol–water partition coefficient (Wildman–Crippen LogP) is -0.360. The Labute approximate surface area is 131 Å². The van der Waals surface area contributed by atoms with Crippen LogP contribution < -0.4 is 11.1 Å². The molecular weight excluding hydrogens is 302 g/mol. The third-order valence-electron chi connectivity index (χ3n) is 4.43. The van der Waals surface area contributed by atoms with Crippen LogP contribution in [-0.4, -0.2) is 67.9 Å². The molecule has 7 nitrogen and oxygen atoms in total. The van der Waals surface area contributed by atoms with Crippen molar-refractivity contribution in [1.82, 2.24) is 19.5 Å². The summed E-state index contributed by atoms with van der Waals surface area (Å²) in [6.45, 7) is 6.80. The highest BCUT2D eigenvalue weighted by atomic mass is 32.2. The monoisotopic (exact) mass is 325 g/mol. The Bertz CT molecular complexity index is 643. The largest absolute Gasteiger partial charge is 0.383 e. The zero-order valence-electron chi connectivity index (χ0n) is 12.8. The van der Waals surface area contributed by atoms with Crippen LogP contribution in [-0.2, 0) is 10.0 Å². The smallest absolute Gasteiger partial charge is 0.246 e. The maximum absolute atomic E-state index is 12.8. The van der Waals surface area contributed by atoms with Crippen LogP contribution in [0.2, 0.25) is 0 Å². The van der Waals surface area contributed by atoms with Crippen LogP contribution in [0.5, 0.6) is 0 Å². The predicted molar refractivity (Wildman–Crippen MR) is 85.0 cm³/mol. The first-order chi connectivity index (χ1) is 10.5. The third-order valence-corrected chi connectivity index (χ3v) is 6.32. The van der Waals surface area contributed by atoms with Crippen LogP contribution in [0.3, 0.4) is 0 Å². The fraction of sp³-hybridized carbons (Fsp3) is 0.643. The molecule has 0 aliphatic carbocycles. The molecule has 3 heterocycles. The van der Waals surface area contributed by atoms with E-state index in [1.165, 1.54) is 0 Å². The molecule has 1 aromatic rings. The second-order valence-electron chi connectivity index (χ2n) is 5.99. The molecule has 22 heavy (non-hydrogen) atoms. The number of rotatable bonds is 3. The average Bonchev–Trinajstić information content (AvgIpc) is 3.01. The van der Waals surface area contributed by atoms with Crippen LogP contribution >= 0.6 is 0 Å². The van der Waals surface area contributed by atoms with Crippen molar-refractivity contribution < 1.29 is 8.42 Å². The molecule has 0 amide bonds. The van der Waals surface area contributed by atoms with Crippen molar-refractivity contribution in [3.63, 3.8) is 0 Å². The summed E-state index contributed by atoms with van der Waals surface area (Å²) in [6, 6.07) is 1.91. The SMILES string of the molecule is Cc1cnc(N)c(S(=O)(=O)N2CCC(N3CCNCC3)C2)c1. The highest BCUT2D eigenvalue weighted by Crippen LogP contribution is 2.26. The number of nitrogens with zero attached hydrogens (tertiary/aromatic N) is 3. The molecule has 0 spiro atoms. The molecule has 2 fully saturated rings. The molecule has 8 heteroatoms. The van der Waals surface area contributed by atoms with Gasteiger partial charge in [-0.3, -0.25) is 4.90 Å². The summed E-state index contributed by atoms with van der Waals surface area (Å²) in [4.78, 5) is 6.49. The van der Waals surface area contributed by atoms with Gasteiger partial charge in [0.05, 0.1) is 0 Å². The number of aryl methyl sites for hydroxylation is 1. The first kappa shape index (κ1) is 15.7. The highest BCUT2D eigenvalue weighted by molar-refractivity contribution is 7.89. The number of hydrogen-bond donors (Lipinski definition) is 2. The van der Waals surface area contributed by atoms with Gasteiger partial charge in [0.15, 0.2) is 0 Å². The van der Waals surface area contributed by atoms with Crippen molar-refractivity contribution in [3.8, 4) is 0 Å². The second-order valence-corrected chi connectivity index (χ2v) is 7.89. The van der Waals surface area contributed by atoms with Gasteiger partial charge in [0, 0.05) is 51.5 Å². The van der Waals surface area contributed by atoms with Gasteiger partial charge in [0.2, 0.25) is 10.0 Å². The Morgan fingerprint density at radius 3 is 2.77 bits per heavy atom. The number of piperazine rings is 1. The van der Waals surface area contributed by atoms with Gasteiger partial charge >= 0.3 is 0 Å². The molecule has 1 unspecified atom stereocenters. The zero-order valence-corrected chi connectivity index (χ0v) is 13.6. The third kappa shape index (κ3) is 2.96. The molecule has 1 aromatic heterocycles. The minimum atomic E-state index is -3.56. The zero-order chi connectivity index (χ0) is 15.7. The molecule has 122 valence electrons. The summed E-state index contributed by atoms with van der Waals surface area (Å²) in [5.41, 5.74) is 6.58. The maximum Gasteiger partial charge on any atom is 0.246 e. The number of aromatic nitrogens is 1. The molecule has 0 aromatic carbocycles. The van der Waals surface area contributed by atoms with Crippen molar-refractivity contribution in [3.05, 3.63) is 17.8 Å². The standard InChI is InChI=1S/C14H23N5O2S/c1-11-8-13(14(15)17-9-11)22(20,21)19-5-2-12(10-19)18-6-3-16-4-7-18/h8-9,12,16H,2-7,10H2,1H3,(H2,15,17). The summed E-state index contributed by atoms with van der Waals surface area (Å²) in [7, 11) is -3.56. The number of pyridine rings is 1. The quantitative estimate of drug-likeness (QED) is 0.789. The van der Waals surface area contributed by atoms with Gasteiger partial charge in [0.1, 0.15) is 10.7 Å². The van der Waals surface area contributed by atoms with E-state index >= 15 is 0 Å². The van der Waals surface area contributed by atoms with Gasteiger partial charge in [-0.05, 0) is 25.0 Å². The minimum Gasteiger partial charge on any atom is -0.383 e. The molecule has 1 atom stereocenters. The van der Waals surface area contributed by atoms with E-state index in [1.807, 2.05) is 6.92 Å². The fourth-order valence-electron chi connectivity index (χ4n) is 3.17. The average molecular weight is 325 g/mol. The summed E-state index contributed by atoms with van der Waals surface area (Å²) in [5, 5.41) is 3.32. The lowest BCUT2D eigenvalue weighted by atomic mass is 10.2. The molecule has 0 saturated carbocycles. The summed E-state index contributed by atoms with van der Waals surface area (Å²) < 4.78 is 27.2. The molecule has 2 aliphatic heterocycles. The van der Waals surface area contributed by atoms with E-state index in [4.69, 9.17) is 5.73 Å². The van der Waals surface area contributed by atoms with E-state index in [9.17, 15) is 8.42 Å². The molecule has 3 rings (SSSR count). The Balaban J connectivity index is 1.77. The van der Waals surface area contributed by atoms with Gasteiger partial charge in [-0.25, -0.2) is 13.4 Å². The first-order valence-corrected chi connectivity index (χ1v) is 9.09. The summed E-state index contributed by atoms with van der Waals surface area (Å²) in [5.74, 6) is 0.0798. The van der Waals surface area contributed by atoms with Gasteiger partial charge in [0.25, 0.3) is 0 Å². The minimum absolute atomic E-state index is 0.0798. The number of nitrogen functional groups attached to an aromatic ring is 1. The van der Waals surface area contributed by atoms with Gasteiger partial charge in [-0.2, -0.15) is 4.31 Å². The lowest BCUT2D eigenvalue weighted by Gasteiger charge is -2.32. The van der Waals surface area contributed by atoms with Crippen LogP contribution in [0.1, 0.15) is 12.0 Å². The fourth-order valence-corrected chi connectivity index (χ4v) is 4.82. The van der Waals surface area contributed by atoms with Crippen LogP contribution in [0, 0.1) is 6.92 Å². The highest BCUT2D eigenvalue weighted by Gasteiger charge is 2.36. The van der Waals surface area contributed by atoms with E-state index in [0.29, 0.717) is 19.1 Å². The molecular formula is C14H23N5O2S. The molecule has 3 N–H and O–H groups in total. The molecule has 0 bridgehead atoms. The molecule has 0 radical (unpaired) electrons. The van der Waals surface area contributed by atoms with Gasteiger partial charge in [-0.1, -0.05) is 0 Å². The lowest BCUT2D eigenvalue weighted by molar-refractivity contribution is 0.179. The number of sulfonamides is 1. The van der Waals surface area contributed by atoms with Gasteiger partial charge in [-0.15, -0.1) is 0 Å². The van der Waals surface area contributed by atoms with Crippen molar-refractivity contribution in [1.29, 1.82) is 0 Å². The number of nitrogens with two attached hydrogens (primary N) is 1. The van der Waals surface area contributed by atoms with E-state index < -0.39 is 10.0 Å². The van der Waals surface area contributed by atoms with Gasteiger partial charge < -0.3 is 11.1 Å². The van der Waals surface area contributed by atoms with Crippen molar-refractivity contribution in [2.45, 2.75) is 24.3 Å². The Morgan fingerprint density at radius 2 is 2.05 bits per heavy atom. The summed E-state index contributed by atoms with van der Waals surface area (Å²) >= 11 is 0. The number of anilines is 1. The lowest BCUT2D eigenvalue weighted by Crippen LogP contribution is -2.49. The van der Waals surface area contributed by atoms with E-state index in [2.05, 4.69) is 15.2 Å². The first-order valence-electron chi connectivity index (χ1n) is 7.65. The summed E-state index contributed by atoms with van der Waals surface area (Å²) in [6.07, 6.45) is 2.46. The Morgan fingerprint density at radius 1 is 1.32 bits per heavy atom. The topological polar surface area (TPSA) is 91.6 Å². The Hall–Kier alpha value is -1.22. The number of nitrogens with one attached hydrogen (secondary N) is 1.